The van der Waals surface area contributed by atoms with Crippen molar-refractivity contribution in [2.45, 2.75) is 52.1 Å². The molecule has 1 atom stereocenters. The van der Waals surface area contributed by atoms with Crippen molar-refractivity contribution < 1.29 is 9.59 Å². The normalized spacial score (nSPS) is 21.5. The van der Waals surface area contributed by atoms with E-state index < -0.39 is 5.54 Å². The number of nitrogens with one attached hydrogen (secondary N) is 1. The molecule has 1 aliphatic heterocycles. The number of hydrogen-bond donors (Lipinski definition) is 1. The third-order valence-electron chi connectivity index (χ3n) is 4.40. The van der Waals surface area contributed by atoms with Gasteiger partial charge in [0.15, 0.2) is 0 Å². The summed E-state index contributed by atoms with van der Waals surface area (Å²) in [5, 5.41) is 3.00. The summed E-state index contributed by atoms with van der Waals surface area (Å²) in [6, 6.07) is 9.84. The average Bonchev–Trinajstić information content (AvgIpc) is 2.77. The Hall–Kier alpha value is -1.84. The first-order valence-corrected chi connectivity index (χ1v) is 8.06. The van der Waals surface area contributed by atoms with Crippen LogP contribution in [0.3, 0.4) is 0 Å². The molecule has 1 fully saturated rings. The molecule has 120 valence electrons. The monoisotopic (exact) mass is 302 g/mol. The third kappa shape index (κ3) is 3.67. The minimum atomic E-state index is -0.732. The summed E-state index contributed by atoms with van der Waals surface area (Å²) < 4.78 is 0. The molecular weight excluding hydrogens is 276 g/mol. The topological polar surface area (TPSA) is 49.4 Å². The Balaban J connectivity index is 2.06. The van der Waals surface area contributed by atoms with Crippen LogP contribution in [0.2, 0.25) is 0 Å². The SMILES string of the molecule is CC(C)CCNC(=O)[C@]1(C)CCC(=O)N1Cc1ccccc1. The van der Waals surface area contributed by atoms with Crippen LogP contribution < -0.4 is 5.32 Å². The third-order valence-corrected chi connectivity index (χ3v) is 4.40. The van der Waals surface area contributed by atoms with Crippen LogP contribution in [-0.4, -0.2) is 28.8 Å². The second-order valence-electron chi connectivity index (χ2n) is 6.68. The molecule has 0 aliphatic carbocycles. The van der Waals surface area contributed by atoms with Gasteiger partial charge < -0.3 is 10.2 Å². The lowest BCUT2D eigenvalue weighted by molar-refractivity contribution is -0.141. The molecule has 1 N–H and O–H groups in total. The van der Waals surface area contributed by atoms with E-state index in [1.54, 1.807) is 4.90 Å². The van der Waals surface area contributed by atoms with Crippen molar-refractivity contribution >= 4 is 11.8 Å². The minimum absolute atomic E-state index is 0.0325. The van der Waals surface area contributed by atoms with E-state index in [9.17, 15) is 9.59 Å². The van der Waals surface area contributed by atoms with Gasteiger partial charge in [-0.25, -0.2) is 0 Å². The van der Waals surface area contributed by atoms with Crippen molar-refractivity contribution in [3.8, 4) is 0 Å². The molecule has 1 saturated heterocycles. The van der Waals surface area contributed by atoms with Crippen LogP contribution in [-0.2, 0) is 16.1 Å². The highest BCUT2D eigenvalue weighted by Gasteiger charge is 2.46. The van der Waals surface area contributed by atoms with E-state index >= 15 is 0 Å². The Kier molecular flexibility index (Phi) is 5.22. The van der Waals surface area contributed by atoms with Crippen molar-refractivity contribution in [3.63, 3.8) is 0 Å². The van der Waals surface area contributed by atoms with Crippen molar-refractivity contribution in [1.29, 1.82) is 0 Å². The zero-order valence-electron chi connectivity index (χ0n) is 13.8. The molecule has 1 heterocycles. The first kappa shape index (κ1) is 16.5. The predicted octanol–water partition coefficient (Wildman–Crippen LogP) is 2.73. The Labute approximate surface area is 132 Å². The zero-order chi connectivity index (χ0) is 16.2. The summed E-state index contributed by atoms with van der Waals surface area (Å²) in [5.41, 5.74) is 0.322. The maximum Gasteiger partial charge on any atom is 0.245 e. The van der Waals surface area contributed by atoms with Crippen LogP contribution in [0.1, 0.15) is 45.6 Å². The predicted molar refractivity (Wildman–Crippen MR) is 87.1 cm³/mol. The molecule has 0 spiro atoms. The number of amides is 2. The van der Waals surface area contributed by atoms with Crippen molar-refractivity contribution in [2.75, 3.05) is 6.54 Å². The van der Waals surface area contributed by atoms with Gasteiger partial charge in [-0.05, 0) is 31.2 Å². The second kappa shape index (κ2) is 6.95. The Morgan fingerprint density at radius 1 is 1.32 bits per heavy atom. The maximum atomic E-state index is 12.6. The molecule has 1 aromatic carbocycles. The van der Waals surface area contributed by atoms with E-state index in [0.717, 1.165) is 12.0 Å². The molecule has 0 bridgehead atoms. The summed E-state index contributed by atoms with van der Waals surface area (Å²) in [7, 11) is 0. The summed E-state index contributed by atoms with van der Waals surface area (Å²) in [4.78, 5) is 26.5. The van der Waals surface area contributed by atoms with Crippen molar-refractivity contribution in [1.82, 2.24) is 10.2 Å². The number of nitrogens with zero attached hydrogens (tertiary/aromatic N) is 1. The van der Waals surface area contributed by atoms with Crippen LogP contribution >= 0.6 is 0 Å². The summed E-state index contributed by atoms with van der Waals surface area (Å²) in [5.74, 6) is 0.582. The molecule has 0 aromatic heterocycles. The van der Waals surface area contributed by atoms with Crippen LogP contribution in [0.25, 0.3) is 0 Å². The van der Waals surface area contributed by atoms with E-state index in [1.165, 1.54) is 0 Å². The van der Waals surface area contributed by atoms with Gasteiger partial charge in [0.05, 0.1) is 0 Å². The van der Waals surface area contributed by atoms with Gasteiger partial charge in [-0.3, -0.25) is 9.59 Å². The molecule has 1 aromatic rings. The van der Waals surface area contributed by atoms with Crippen LogP contribution in [0.5, 0.6) is 0 Å². The standard InChI is InChI=1S/C18H26N2O2/c1-14(2)10-12-19-17(22)18(3)11-9-16(21)20(18)13-15-7-5-4-6-8-15/h4-8,14H,9-13H2,1-3H3,(H,19,22)/t18-/m0/s1. The zero-order valence-corrected chi connectivity index (χ0v) is 13.8. The van der Waals surface area contributed by atoms with E-state index in [-0.39, 0.29) is 11.8 Å². The Morgan fingerprint density at radius 2 is 2.00 bits per heavy atom. The van der Waals surface area contributed by atoms with Gasteiger partial charge in [-0.15, -0.1) is 0 Å². The Bertz CT molecular complexity index is 527. The number of carbonyl (C=O) groups is 2. The van der Waals surface area contributed by atoms with Gasteiger partial charge >= 0.3 is 0 Å². The lowest BCUT2D eigenvalue weighted by Crippen LogP contribution is -2.54. The van der Waals surface area contributed by atoms with Crippen LogP contribution in [0, 0.1) is 5.92 Å². The van der Waals surface area contributed by atoms with E-state index in [1.807, 2.05) is 37.3 Å². The second-order valence-corrected chi connectivity index (χ2v) is 6.68. The molecular formula is C18H26N2O2. The van der Waals surface area contributed by atoms with Crippen LogP contribution in [0.4, 0.5) is 0 Å². The molecule has 4 nitrogen and oxygen atoms in total. The van der Waals surface area contributed by atoms with Gasteiger partial charge in [0.25, 0.3) is 0 Å². The molecule has 2 amide bonds. The van der Waals surface area contributed by atoms with E-state index in [2.05, 4.69) is 19.2 Å². The van der Waals surface area contributed by atoms with Gasteiger partial charge in [0.2, 0.25) is 11.8 Å². The van der Waals surface area contributed by atoms with Gasteiger partial charge in [-0.1, -0.05) is 44.2 Å². The molecule has 0 saturated carbocycles. The molecule has 1 aliphatic rings. The van der Waals surface area contributed by atoms with Crippen molar-refractivity contribution in [2.24, 2.45) is 5.92 Å². The number of carbonyl (C=O) groups excluding carboxylic acids is 2. The van der Waals surface area contributed by atoms with E-state index in [4.69, 9.17) is 0 Å². The summed E-state index contributed by atoms with van der Waals surface area (Å²) in [6.45, 7) is 7.31. The van der Waals surface area contributed by atoms with Gasteiger partial charge in [0, 0.05) is 19.5 Å². The summed E-state index contributed by atoms with van der Waals surface area (Å²) in [6.07, 6.45) is 1.99. The van der Waals surface area contributed by atoms with Gasteiger partial charge in [0.1, 0.15) is 5.54 Å². The minimum Gasteiger partial charge on any atom is -0.354 e. The Morgan fingerprint density at radius 3 is 2.64 bits per heavy atom. The molecule has 4 heteroatoms. The first-order valence-electron chi connectivity index (χ1n) is 8.06. The number of rotatable bonds is 6. The average molecular weight is 302 g/mol. The lowest BCUT2D eigenvalue weighted by atomic mass is 9.97. The number of hydrogen-bond acceptors (Lipinski definition) is 2. The molecule has 22 heavy (non-hydrogen) atoms. The number of benzene rings is 1. The molecule has 2 rings (SSSR count). The number of likely N-dealkylation sites (tertiary alicyclic amines) is 1. The van der Waals surface area contributed by atoms with Gasteiger partial charge in [-0.2, -0.15) is 0 Å². The highest BCUT2D eigenvalue weighted by molar-refractivity contribution is 5.94. The fourth-order valence-electron chi connectivity index (χ4n) is 2.83. The van der Waals surface area contributed by atoms with Crippen LogP contribution in [0.15, 0.2) is 30.3 Å². The molecule has 0 radical (unpaired) electrons. The fourth-order valence-corrected chi connectivity index (χ4v) is 2.83. The lowest BCUT2D eigenvalue weighted by Gasteiger charge is -2.34. The fraction of sp³-hybridized carbons (Fsp3) is 0.556. The first-order chi connectivity index (χ1) is 10.4. The largest absolute Gasteiger partial charge is 0.354 e. The van der Waals surface area contributed by atoms with E-state index in [0.29, 0.717) is 31.8 Å². The quantitative estimate of drug-likeness (QED) is 0.878. The molecule has 0 unspecified atom stereocenters. The summed E-state index contributed by atoms with van der Waals surface area (Å²) >= 11 is 0. The highest BCUT2D eigenvalue weighted by atomic mass is 16.2. The smallest absolute Gasteiger partial charge is 0.245 e. The van der Waals surface area contributed by atoms with Crippen molar-refractivity contribution in [3.05, 3.63) is 35.9 Å². The maximum absolute atomic E-state index is 12.6. The highest BCUT2D eigenvalue weighted by Crippen LogP contribution is 2.31.